The molecule has 1 N–H and O–H groups in total. The molecule has 1 aliphatic heterocycles. The minimum atomic E-state index is -0.241. The highest BCUT2D eigenvalue weighted by molar-refractivity contribution is 5.52. The number of fused-ring (bicyclic) bond motifs is 2. The number of halogens is 1. The van der Waals surface area contributed by atoms with Gasteiger partial charge in [0.1, 0.15) is 17.9 Å². The van der Waals surface area contributed by atoms with E-state index in [2.05, 4.69) is 31.5 Å². The summed E-state index contributed by atoms with van der Waals surface area (Å²) in [6.07, 6.45) is 7.57. The SMILES string of the molecule is Cc1ncccc1CCc1cnc(NCc2c(F)ccc3c2CCO3)n2cnnc12. The van der Waals surface area contributed by atoms with Crippen molar-refractivity contribution in [3.05, 3.63) is 76.8 Å². The lowest BCUT2D eigenvalue weighted by atomic mass is 10.0. The van der Waals surface area contributed by atoms with E-state index in [1.807, 2.05) is 23.6 Å². The second kappa shape index (κ2) is 7.70. The van der Waals surface area contributed by atoms with Crippen LogP contribution in [-0.4, -0.2) is 31.2 Å². The van der Waals surface area contributed by atoms with E-state index < -0.39 is 0 Å². The van der Waals surface area contributed by atoms with Gasteiger partial charge in [0.15, 0.2) is 5.65 Å². The zero-order valence-electron chi connectivity index (χ0n) is 16.6. The van der Waals surface area contributed by atoms with Crippen LogP contribution in [0.2, 0.25) is 0 Å². The van der Waals surface area contributed by atoms with Crippen molar-refractivity contribution in [2.24, 2.45) is 0 Å². The Hall–Kier alpha value is -3.55. The van der Waals surface area contributed by atoms with Gasteiger partial charge in [-0.2, -0.15) is 0 Å². The average molecular weight is 404 g/mol. The number of anilines is 1. The molecule has 0 spiro atoms. The van der Waals surface area contributed by atoms with Crippen LogP contribution in [0.3, 0.4) is 0 Å². The Morgan fingerprint density at radius 2 is 2.07 bits per heavy atom. The van der Waals surface area contributed by atoms with Crippen molar-refractivity contribution >= 4 is 11.6 Å². The predicted octanol–water partition coefficient (Wildman–Crippen LogP) is 3.30. The summed E-state index contributed by atoms with van der Waals surface area (Å²) in [5.41, 5.74) is 5.52. The van der Waals surface area contributed by atoms with Crippen LogP contribution in [0.4, 0.5) is 10.3 Å². The molecule has 4 aromatic rings. The first-order chi connectivity index (χ1) is 14.7. The van der Waals surface area contributed by atoms with Gasteiger partial charge in [-0.3, -0.25) is 9.38 Å². The van der Waals surface area contributed by atoms with Crippen molar-refractivity contribution < 1.29 is 9.13 Å². The molecule has 3 aromatic heterocycles. The number of nitrogens with one attached hydrogen (secondary N) is 1. The number of aromatic nitrogens is 5. The molecule has 7 nitrogen and oxygen atoms in total. The Bertz CT molecular complexity index is 1220. The van der Waals surface area contributed by atoms with E-state index in [0.29, 0.717) is 31.1 Å². The number of aryl methyl sites for hydroxylation is 3. The van der Waals surface area contributed by atoms with Crippen LogP contribution in [0.15, 0.2) is 43.0 Å². The van der Waals surface area contributed by atoms with E-state index >= 15 is 0 Å². The molecular weight excluding hydrogens is 383 g/mol. The van der Waals surface area contributed by atoms with Gasteiger partial charge in [-0.25, -0.2) is 9.37 Å². The Balaban J connectivity index is 1.37. The molecule has 1 aromatic carbocycles. The van der Waals surface area contributed by atoms with Crippen molar-refractivity contribution in [1.82, 2.24) is 24.6 Å². The molecule has 0 amide bonds. The summed E-state index contributed by atoms with van der Waals surface area (Å²) in [5, 5.41) is 11.6. The van der Waals surface area contributed by atoms with Crippen molar-refractivity contribution in [2.75, 3.05) is 11.9 Å². The Morgan fingerprint density at radius 3 is 2.97 bits per heavy atom. The summed E-state index contributed by atoms with van der Waals surface area (Å²) in [4.78, 5) is 8.90. The molecule has 0 aliphatic carbocycles. The molecule has 0 fully saturated rings. The maximum atomic E-state index is 14.4. The third kappa shape index (κ3) is 3.34. The van der Waals surface area contributed by atoms with Crippen LogP contribution in [0, 0.1) is 12.7 Å². The van der Waals surface area contributed by atoms with Gasteiger partial charge in [0.2, 0.25) is 5.95 Å². The van der Waals surface area contributed by atoms with Gasteiger partial charge < -0.3 is 10.1 Å². The quantitative estimate of drug-likeness (QED) is 0.531. The van der Waals surface area contributed by atoms with Gasteiger partial charge >= 0.3 is 0 Å². The maximum Gasteiger partial charge on any atom is 0.210 e. The second-order valence-corrected chi connectivity index (χ2v) is 7.33. The number of nitrogens with zero attached hydrogens (tertiary/aromatic N) is 5. The lowest BCUT2D eigenvalue weighted by Gasteiger charge is -2.12. The zero-order chi connectivity index (χ0) is 20.5. The van der Waals surface area contributed by atoms with Crippen LogP contribution in [0.5, 0.6) is 5.75 Å². The summed E-state index contributed by atoms with van der Waals surface area (Å²) in [5.74, 6) is 1.10. The molecular formula is C22H21FN6O. The van der Waals surface area contributed by atoms with E-state index in [-0.39, 0.29) is 5.82 Å². The van der Waals surface area contributed by atoms with Gasteiger partial charge in [-0.1, -0.05) is 6.07 Å². The third-order valence-corrected chi connectivity index (χ3v) is 5.55. The molecule has 4 heterocycles. The molecule has 152 valence electrons. The molecule has 1 aliphatic rings. The van der Waals surface area contributed by atoms with Gasteiger partial charge in [0.05, 0.1) is 6.61 Å². The summed E-state index contributed by atoms with van der Waals surface area (Å²) >= 11 is 0. The number of hydrogen-bond donors (Lipinski definition) is 1. The molecule has 0 atom stereocenters. The highest BCUT2D eigenvalue weighted by Crippen LogP contribution is 2.30. The van der Waals surface area contributed by atoms with Gasteiger partial charge in [0, 0.05) is 47.7 Å². The van der Waals surface area contributed by atoms with Crippen LogP contribution in [-0.2, 0) is 25.8 Å². The van der Waals surface area contributed by atoms with Gasteiger partial charge in [-0.05, 0) is 43.5 Å². The van der Waals surface area contributed by atoms with E-state index in [4.69, 9.17) is 4.74 Å². The van der Waals surface area contributed by atoms with Crippen molar-refractivity contribution in [2.45, 2.75) is 32.7 Å². The second-order valence-electron chi connectivity index (χ2n) is 7.33. The third-order valence-electron chi connectivity index (χ3n) is 5.55. The van der Waals surface area contributed by atoms with Crippen molar-refractivity contribution in [3.63, 3.8) is 0 Å². The summed E-state index contributed by atoms with van der Waals surface area (Å²) < 4.78 is 21.8. The molecule has 0 saturated heterocycles. The number of ether oxygens (including phenoxy) is 1. The predicted molar refractivity (Wildman–Crippen MR) is 110 cm³/mol. The Morgan fingerprint density at radius 1 is 1.17 bits per heavy atom. The number of pyridine rings is 1. The van der Waals surface area contributed by atoms with Crippen LogP contribution >= 0.6 is 0 Å². The molecule has 0 unspecified atom stereocenters. The smallest absolute Gasteiger partial charge is 0.210 e. The van der Waals surface area contributed by atoms with Crippen LogP contribution in [0.1, 0.15) is 27.9 Å². The Labute approximate surface area is 173 Å². The lowest BCUT2D eigenvalue weighted by molar-refractivity contribution is 0.356. The minimum absolute atomic E-state index is 0.241. The Kier molecular flexibility index (Phi) is 4.74. The summed E-state index contributed by atoms with van der Waals surface area (Å²) in [6, 6.07) is 7.18. The molecule has 5 rings (SSSR count). The number of rotatable bonds is 6. The minimum Gasteiger partial charge on any atom is -0.493 e. The van der Waals surface area contributed by atoms with E-state index in [1.54, 1.807) is 18.6 Å². The fraction of sp³-hybridized carbons (Fsp3) is 0.273. The largest absolute Gasteiger partial charge is 0.493 e. The standard InChI is InChI=1S/C22H21FN6O/c1-14-15(3-2-9-24-14)4-5-16-11-25-22(29-13-27-28-21(16)29)26-12-18-17-8-10-30-20(17)7-6-19(18)23/h2-3,6-7,9,11,13H,4-5,8,10,12H2,1H3,(H,25,26). The van der Waals surface area contributed by atoms with Crippen LogP contribution in [0.25, 0.3) is 5.65 Å². The van der Waals surface area contributed by atoms with Crippen molar-refractivity contribution in [1.29, 1.82) is 0 Å². The van der Waals surface area contributed by atoms with E-state index in [1.165, 1.54) is 11.6 Å². The first-order valence-corrected chi connectivity index (χ1v) is 9.96. The average Bonchev–Trinajstić information content (AvgIpc) is 3.43. The highest BCUT2D eigenvalue weighted by atomic mass is 19.1. The van der Waals surface area contributed by atoms with Gasteiger partial charge in [0.25, 0.3) is 0 Å². The maximum absolute atomic E-state index is 14.4. The summed E-state index contributed by atoms with van der Waals surface area (Å²) in [6.45, 7) is 2.91. The molecule has 8 heteroatoms. The molecule has 0 bridgehead atoms. The lowest BCUT2D eigenvalue weighted by Crippen LogP contribution is -2.10. The molecule has 0 saturated carbocycles. The number of benzene rings is 1. The molecule has 30 heavy (non-hydrogen) atoms. The van der Waals surface area contributed by atoms with Gasteiger partial charge in [-0.15, -0.1) is 10.2 Å². The monoisotopic (exact) mass is 404 g/mol. The topological polar surface area (TPSA) is 77.2 Å². The highest BCUT2D eigenvalue weighted by Gasteiger charge is 2.20. The first-order valence-electron chi connectivity index (χ1n) is 9.96. The number of hydrogen-bond acceptors (Lipinski definition) is 6. The zero-order valence-corrected chi connectivity index (χ0v) is 16.6. The first kappa shape index (κ1) is 18.5. The molecule has 0 radical (unpaired) electrons. The normalized spacial score (nSPS) is 12.7. The fourth-order valence-electron chi connectivity index (χ4n) is 3.90. The van der Waals surface area contributed by atoms with Crippen molar-refractivity contribution in [3.8, 4) is 5.75 Å². The van der Waals surface area contributed by atoms with Crippen LogP contribution < -0.4 is 10.1 Å². The van der Waals surface area contributed by atoms with E-state index in [0.717, 1.165) is 41.1 Å². The fourth-order valence-corrected chi connectivity index (χ4v) is 3.90. The van der Waals surface area contributed by atoms with E-state index in [9.17, 15) is 4.39 Å². The summed E-state index contributed by atoms with van der Waals surface area (Å²) in [7, 11) is 0.